The largest absolute Gasteiger partial charge is 0.447 e. The molecule has 1 aromatic carbocycles. The molecule has 1 amide bonds. The summed E-state index contributed by atoms with van der Waals surface area (Å²) in [5.74, 6) is -0.0829. The summed E-state index contributed by atoms with van der Waals surface area (Å²) in [6.07, 6.45) is 3.01. The minimum absolute atomic E-state index is 0.0829. The van der Waals surface area contributed by atoms with Gasteiger partial charge in [-0.25, -0.2) is 4.79 Å². The predicted octanol–water partition coefficient (Wildman–Crippen LogP) is 3.91. The highest BCUT2D eigenvalue weighted by Gasteiger charge is 2.23. The average Bonchev–Trinajstić information content (AvgIpc) is 3.13. The van der Waals surface area contributed by atoms with Gasteiger partial charge in [0.2, 0.25) is 0 Å². The molecule has 2 heterocycles. The quantitative estimate of drug-likeness (QED) is 0.635. The number of carbonyl (C=O) groups is 2. The van der Waals surface area contributed by atoms with Gasteiger partial charge in [-0.1, -0.05) is 12.1 Å². The molecule has 0 N–H and O–H groups in total. The standard InChI is InChI=1S/C17H15NO3S/c1-12-5-6-15(22-12)7-8-16(19)13-3-2-4-14(11-13)18-9-10-21-17(18)20/h2-8,11H,9-10H2,1H3/b8-7-. The number of amides is 1. The van der Waals surface area contributed by atoms with Gasteiger partial charge in [0.15, 0.2) is 5.78 Å². The number of nitrogens with zero attached hydrogens (tertiary/aromatic N) is 1. The Hall–Kier alpha value is -2.40. The molecule has 0 aliphatic carbocycles. The van der Waals surface area contributed by atoms with E-state index in [1.54, 1.807) is 41.7 Å². The van der Waals surface area contributed by atoms with Gasteiger partial charge in [-0.2, -0.15) is 0 Å². The summed E-state index contributed by atoms with van der Waals surface area (Å²) in [5, 5.41) is 0. The van der Waals surface area contributed by atoms with E-state index in [2.05, 4.69) is 0 Å². The fourth-order valence-corrected chi connectivity index (χ4v) is 3.03. The fraction of sp³-hybridized carbons (Fsp3) is 0.176. The average molecular weight is 313 g/mol. The first-order valence-corrected chi connectivity index (χ1v) is 7.78. The van der Waals surface area contributed by atoms with E-state index in [4.69, 9.17) is 4.74 Å². The van der Waals surface area contributed by atoms with E-state index < -0.39 is 0 Å². The van der Waals surface area contributed by atoms with Crippen molar-refractivity contribution < 1.29 is 14.3 Å². The van der Waals surface area contributed by atoms with Crippen molar-refractivity contribution >= 4 is 35.0 Å². The van der Waals surface area contributed by atoms with Gasteiger partial charge in [-0.3, -0.25) is 9.69 Å². The van der Waals surface area contributed by atoms with Crippen LogP contribution < -0.4 is 4.90 Å². The van der Waals surface area contributed by atoms with E-state index in [0.717, 1.165) is 4.88 Å². The number of carbonyl (C=O) groups excluding carboxylic acids is 2. The number of allylic oxidation sites excluding steroid dienone is 1. The third-order valence-corrected chi connectivity index (χ3v) is 4.33. The van der Waals surface area contributed by atoms with Crippen LogP contribution in [0.25, 0.3) is 6.08 Å². The van der Waals surface area contributed by atoms with Crippen LogP contribution in [0.15, 0.2) is 42.5 Å². The van der Waals surface area contributed by atoms with Crippen LogP contribution in [0, 0.1) is 6.92 Å². The number of ether oxygens (including phenoxy) is 1. The Morgan fingerprint density at radius 1 is 1.32 bits per heavy atom. The summed E-state index contributed by atoms with van der Waals surface area (Å²) in [6, 6.07) is 11.1. The van der Waals surface area contributed by atoms with Crippen LogP contribution in [0.3, 0.4) is 0 Å². The molecule has 1 fully saturated rings. The number of cyclic esters (lactones) is 1. The van der Waals surface area contributed by atoms with E-state index in [0.29, 0.717) is 24.4 Å². The number of aryl methyl sites for hydroxylation is 1. The summed E-state index contributed by atoms with van der Waals surface area (Å²) >= 11 is 1.64. The predicted molar refractivity (Wildman–Crippen MR) is 87.6 cm³/mol. The van der Waals surface area contributed by atoms with Gasteiger partial charge < -0.3 is 4.74 Å². The van der Waals surface area contributed by atoms with Gasteiger partial charge in [0.1, 0.15) is 6.61 Å². The maximum absolute atomic E-state index is 12.3. The summed E-state index contributed by atoms with van der Waals surface area (Å²) in [4.78, 5) is 27.6. The van der Waals surface area contributed by atoms with E-state index in [9.17, 15) is 9.59 Å². The molecule has 1 saturated heterocycles. The van der Waals surface area contributed by atoms with Gasteiger partial charge in [0, 0.05) is 21.0 Å². The SMILES string of the molecule is Cc1ccc(/C=C\C(=O)c2cccc(N3CCOC3=O)c2)s1. The minimum atomic E-state index is -0.366. The second-order valence-electron chi connectivity index (χ2n) is 4.96. The van der Waals surface area contributed by atoms with Gasteiger partial charge in [-0.15, -0.1) is 11.3 Å². The lowest BCUT2D eigenvalue weighted by atomic mass is 10.1. The van der Waals surface area contributed by atoms with Gasteiger partial charge in [0.25, 0.3) is 0 Å². The Balaban J connectivity index is 1.78. The van der Waals surface area contributed by atoms with Gasteiger partial charge >= 0.3 is 6.09 Å². The number of hydrogen-bond donors (Lipinski definition) is 0. The molecule has 0 saturated carbocycles. The molecule has 1 aliphatic heterocycles. The Labute approximate surface area is 132 Å². The second kappa shape index (κ2) is 6.15. The number of rotatable bonds is 4. The maximum atomic E-state index is 12.3. The molecule has 0 unspecified atom stereocenters. The van der Waals surface area contributed by atoms with Gasteiger partial charge in [-0.05, 0) is 43.3 Å². The highest BCUT2D eigenvalue weighted by molar-refractivity contribution is 7.12. The molecular formula is C17H15NO3S. The van der Waals surface area contributed by atoms with E-state index in [1.165, 1.54) is 9.78 Å². The molecule has 2 aromatic rings. The molecule has 1 aromatic heterocycles. The van der Waals surface area contributed by atoms with Gasteiger partial charge in [0.05, 0.1) is 6.54 Å². The fourth-order valence-electron chi connectivity index (χ4n) is 2.25. The molecule has 0 radical (unpaired) electrons. The van der Waals surface area contributed by atoms with E-state index in [-0.39, 0.29) is 11.9 Å². The van der Waals surface area contributed by atoms with Crippen molar-refractivity contribution in [1.29, 1.82) is 0 Å². The Morgan fingerprint density at radius 3 is 2.86 bits per heavy atom. The van der Waals surface area contributed by atoms with Crippen LogP contribution in [0.2, 0.25) is 0 Å². The summed E-state index contributed by atoms with van der Waals surface area (Å²) < 4.78 is 4.92. The van der Waals surface area contributed by atoms with Crippen LogP contribution in [0.5, 0.6) is 0 Å². The minimum Gasteiger partial charge on any atom is -0.447 e. The molecule has 22 heavy (non-hydrogen) atoms. The third kappa shape index (κ3) is 3.09. The summed E-state index contributed by atoms with van der Waals surface area (Å²) in [5.41, 5.74) is 1.25. The highest BCUT2D eigenvalue weighted by Crippen LogP contribution is 2.21. The van der Waals surface area contributed by atoms with Crippen LogP contribution in [0.4, 0.5) is 10.5 Å². The van der Waals surface area contributed by atoms with Crippen molar-refractivity contribution in [2.75, 3.05) is 18.1 Å². The molecule has 5 heteroatoms. The molecule has 112 valence electrons. The first kappa shape index (κ1) is 14.5. The van der Waals surface area contributed by atoms with Crippen LogP contribution >= 0.6 is 11.3 Å². The molecule has 0 atom stereocenters. The zero-order valence-corrected chi connectivity index (χ0v) is 12.9. The Bertz CT molecular complexity index is 748. The summed E-state index contributed by atoms with van der Waals surface area (Å²) in [7, 11) is 0. The number of benzene rings is 1. The monoisotopic (exact) mass is 313 g/mol. The smallest absolute Gasteiger partial charge is 0.414 e. The zero-order chi connectivity index (χ0) is 15.5. The molecular weight excluding hydrogens is 298 g/mol. The van der Waals surface area contributed by atoms with Crippen LogP contribution in [-0.2, 0) is 4.74 Å². The molecule has 0 bridgehead atoms. The van der Waals surface area contributed by atoms with Crippen molar-refractivity contribution in [1.82, 2.24) is 0 Å². The van der Waals surface area contributed by atoms with E-state index >= 15 is 0 Å². The number of hydrogen-bond acceptors (Lipinski definition) is 4. The normalized spacial score (nSPS) is 14.6. The first-order valence-electron chi connectivity index (χ1n) is 6.97. The maximum Gasteiger partial charge on any atom is 0.414 e. The molecule has 1 aliphatic rings. The second-order valence-corrected chi connectivity index (χ2v) is 6.28. The first-order chi connectivity index (χ1) is 10.6. The lowest BCUT2D eigenvalue weighted by molar-refractivity contribution is 0.104. The van der Waals surface area contributed by atoms with Crippen molar-refractivity contribution in [2.45, 2.75) is 6.92 Å². The lowest BCUT2D eigenvalue weighted by Crippen LogP contribution is -2.23. The van der Waals surface area contributed by atoms with Crippen molar-refractivity contribution in [2.24, 2.45) is 0 Å². The van der Waals surface area contributed by atoms with Crippen LogP contribution in [0.1, 0.15) is 20.1 Å². The topological polar surface area (TPSA) is 46.6 Å². The third-order valence-electron chi connectivity index (χ3n) is 3.36. The van der Waals surface area contributed by atoms with Crippen LogP contribution in [-0.4, -0.2) is 25.0 Å². The number of thiophene rings is 1. The lowest BCUT2D eigenvalue weighted by Gasteiger charge is -2.13. The number of ketones is 1. The highest BCUT2D eigenvalue weighted by atomic mass is 32.1. The van der Waals surface area contributed by atoms with Crippen molar-refractivity contribution in [3.8, 4) is 0 Å². The molecule has 3 rings (SSSR count). The Morgan fingerprint density at radius 2 is 2.18 bits per heavy atom. The molecule has 0 spiro atoms. The zero-order valence-electron chi connectivity index (χ0n) is 12.1. The van der Waals surface area contributed by atoms with Crippen molar-refractivity contribution in [3.63, 3.8) is 0 Å². The van der Waals surface area contributed by atoms with Crippen molar-refractivity contribution in [3.05, 3.63) is 57.8 Å². The van der Waals surface area contributed by atoms with E-state index in [1.807, 2.05) is 25.1 Å². The Kier molecular flexibility index (Phi) is 4.06. The number of anilines is 1. The summed E-state index contributed by atoms with van der Waals surface area (Å²) in [6.45, 7) is 2.93. The molecule has 4 nitrogen and oxygen atoms in total.